The number of carbonyl (C=O) groups is 2. The van der Waals surface area contributed by atoms with E-state index in [4.69, 9.17) is 0 Å². The Morgan fingerprint density at radius 2 is 1.71 bits per heavy atom. The van der Waals surface area contributed by atoms with Gasteiger partial charge in [0.05, 0.1) is 13.7 Å². The molecule has 0 aliphatic heterocycles. The van der Waals surface area contributed by atoms with E-state index in [0.29, 0.717) is 13.3 Å². The van der Waals surface area contributed by atoms with Gasteiger partial charge in [-0.25, -0.2) is 8.78 Å². The summed E-state index contributed by atoms with van der Waals surface area (Å²) in [5.41, 5.74) is -2.60. The van der Waals surface area contributed by atoms with Crippen LogP contribution < -0.4 is 0 Å². The van der Waals surface area contributed by atoms with Gasteiger partial charge in [-0.3, -0.25) is 9.59 Å². The molecule has 0 aliphatic carbocycles. The van der Waals surface area contributed by atoms with Crippen LogP contribution in [0.1, 0.15) is 33.6 Å². The predicted octanol–water partition coefficient (Wildman–Crippen LogP) is 2.16. The number of halogens is 2. The van der Waals surface area contributed by atoms with Crippen molar-refractivity contribution in [1.29, 1.82) is 0 Å². The van der Waals surface area contributed by atoms with E-state index < -0.39 is 23.3 Å². The Balaban J connectivity index is 4.94. The number of alkyl halides is 2. The third kappa shape index (κ3) is 3.38. The highest BCUT2D eigenvalue weighted by atomic mass is 19.3. The molecular weight excluding hydrogens is 234 g/mol. The molecule has 4 nitrogen and oxygen atoms in total. The second kappa shape index (κ2) is 5.93. The minimum atomic E-state index is -3.55. The Labute approximate surface area is 99.3 Å². The summed E-state index contributed by atoms with van der Waals surface area (Å²) in [7, 11) is 0.950. The van der Waals surface area contributed by atoms with Crippen molar-refractivity contribution in [2.75, 3.05) is 13.7 Å². The van der Waals surface area contributed by atoms with E-state index in [1.165, 1.54) is 0 Å². The van der Waals surface area contributed by atoms with Crippen LogP contribution >= 0.6 is 0 Å². The van der Waals surface area contributed by atoms with E-state index in [0.717, 1.165) is 20.5 Å². The van der Waals surface area contributed by atoms with Gasteiger partial charge in [0.25, 0.3) is 5.92 Å². The Morgan fingerprint density at radius 1 is 1.18 bits per heavy atom. The first kappa shape index (κ1) is 15.8. The maximum Gasteiger partial charge on any atom is 0.329 e. The average Bonchev–Trinajstić information content (AvgIpc) is 2.25. The summed E-state index contributed by atoms with van der Waals surface area (Å²) in [5.74, 6) is -6.11. The normalized spacial score (nSPS) is 14.9. The van der Waals surface area contributed by atoms with Gasteiger partial charge in [0.1, 0.15) is 0 Å². The molecule has 0 radical (unpaired) electrons. The summed E-state index contributed by atoms with van der Waals surface area (Å²) in [4.78, 5) is 22.9. The minimum absolute atomic E-state index is 0.0119. The number of methoxy groups -OCH3 is 1. The van der Waals surface area contributed by atoms with Crippen LogP contribution in [0, 0.1) is 5.41 Å². The van der Waals surface area contributed by atoms with E-state index >= 15 is 0 Å². The summed E-state index contributed by atoms with van der Waals surface area (Å²) in [6.45, 7) is 3.19. The second-order valence-electron chi connectivity index (χ2n) is 3.99. The van der Waals surface area contributed by atoms with Crippen molar-refractivity contribution < 1.29 is 27.8 Å². The molecule has 0 aromatic heterocycles. The molecule has 0 amide bonds. The highest BCUT2D eigenvalue weighted by Crippen LogP contribution is 2.38. The van der Waals surface area contributed by atoms with Gasteiger partial charge in [-0.05, 0) is 13.3 Å². The third-order valence-electron chi connectivity index (χ3n) is 2.61. The fourth-order valence-corrected chi connectivity index (χ4v) is 1.10. The first-order valence-electron chi connectivity index (χ1n) is 5.35. The molecule has 1 unspecified atom stereocenters. The second-order valence-corrected chi connectivity index (χ2v) is 3.99. The van der Waals surface area contributed by atoms with E-state index in [2.05, 4.69) is 9.47 Å². The fourth-order valence-electron chi connectivity index (χ4n) is 1.10. The van der Waals surface area contributed by atoms with Gasteiger partial charge < -0.3 is 9.47 Å². The summed E-state index contributed by atoms with van der Waals surface area (Å²) >= 11 is 0. The Hall–Kier alpha value is -1.20. The highest BCUT2D eigenvalue weighted by molar-refractivity contribution is 6.00. The van der Waals surface area contributed by atoms with Crippen molar-refractivity contribution in [3.05, 3.63) is 0 Å². The molecule has 0 aliphatic rings. The van der Waals surface area contributed by atoms with Crippen LogP contribution in [0.3, 0.4) is 0 Å². The lowest BCUT2D eigenvalue weighted by Gasteiger charge is -2.29. The molecular formula is C11H18F2O4. The quantitative estimate of drug-likeness (QED) is 0.413. The number of hydrogen-bond acceptors (Lipinski definition) is 4. The molecule has 0 rings (SSSR count). The zero-order valence-corrected chi connectivity index (χ0v) is 10.5. The lowest BCUT2D eigenvalue weighted by molar-refractivity contribution is -0.194. The largest absolute Gasteiger partial charge is 0.468 e. The maximum absolute atomic E-state index is 13.4. The van der Waals surface area contributed by atoms with Crippen molar-refractivity contribution in [1.82, 2.24) is 0 Å². The summed E-state index contributed by atoms with van der Waals surface area (Å²) in [6.07, 6.45) is 1.31. The lowest BCUT2D eigenvalue weighted by atomic mass is 9.84. The van der Waals surface area contributed by atoms with Crippen LogP contribution in [-0.4, -0.2) is 31.6 Å². The smallest absolute Gasteiger partial charge is 0.329 e. The molecule has 0 heterocycles. The maximum atomic E-state index is 13.4. The number of hydrogen-bond donors (Lipinski definition) is 0. The van der Waals surface area contributed by atoms with E-state index in [1.54, 1.807) is 0 Å². The SMILES string of the molecule is CCCCOC(=O)C(C)(C(=O)OC)C(C)(F)F. The standard InChI is InChI=1S/C11H18F2O4/c1-5-6-7-17-9(15)10(2,8(14)16-4)11(3,12)13/h5-7H2,1-4H3. The molecule has 0 N–H and O–H groups in total. The first-order chi connectivity index (χ1) is 7.71. The molecule has 0 bridgehead atoms. The molecule has 1 atom stereocenters. The molecule has 0 aromatic rings. The van der Waals surface area contributed by atoms with Gasteiger partial charge in [-0.2, -0.15) is 0 Å². The van der Waals surface area contributed by atoms with Crippen molar-refractivity contribution in [2.45, 2.75) is 39.5 Å². The van der Waals surface area contributed by atoms with Gasteiger partial charge in [-0.15, -0.1) is 0 Å². The molecule has 0 saturated heterocycles. The van der Waals surface area contributed by atoms with E-state index in [1.807, 2.05) is 6.92 Å². The third-order valence-corrected chi connectivity index (χ3v) is 2.61. The highest BCUT2D eigenvalue weighted by Gasteiger charge is 2.60. The molecule has 0 fully saturated rings. The zero-order valence-electron chi connectivity index (χ0n) is 10.5. The van der Waals surface area contributed by atoms with Crippen LogP contribution in [0.5, 0.6) is 0 Å². The monoisotopic (exact) mass is 252 g/mol. The Morgan fingerprint density at radius 3 is 2.06 bits per heavy atom. The number of unbranched alkanes of at least 4 members (excludes halogenated alkanes) is 1. The molecule has 0 spiro atoms. The van der Waals surface area contributed by atoms with Crippen molar-refractivity contribution in [2.24, 2.45) is 5.41 Å². The van der Waals surface area contributed by atoms with Gasteiger partial charge in [-0.1, -0.05) is 13.3 Å². The van der Waals surface area contributed by atoms with Gasteiger partial charge >= 0.3 is 11.9 Å². The van der Waals surface area contributed by atoms with Crippen molar-refractivity contribution in [3.8, 4) is 0 Å². The minimum Gasteiger partial charge on any atom is -0.468 e. The fraction of sp³-hybridized carbons (Fsp3) is 0.818. The number of rotatable bonds is 6. The molecule has 0 saturated carbocycles. The first-order valence-corrected chi connectivity index (χ1v) is 5.35. The summed E-state index contributed by atoms with van der Waals surface area (Å²) < 4.78 is 35.7. The van der Waals surface area contributed by atoms with Crippen molar-refractivity contribution >= 4 is 11.9 Å². The number of ether oxygens (including phenoxy) is 2. The zero-order chi connectivity index (χ0) is 13.7. The van der Waals surface area contributed by atoms with E-state index in [-0.39, 0.29) is 6.61 Å². The molecule has 0 aromatic carbocycles. The molecule has 6 heteroatoms. The van der Waals surface area contributed by atoms with Crippen molar-refractivity contribution in [3.63, 3.8) is 0 Å². The van der Waals surface area contributed by atoms with Crippen LogP contribution in [0.2, 0.25) is 0 Å². The van der Waals surface area contributed by atoms with Gasteiger partial charge in [0, 0.05) is 6.92 Å². The molecule has 100 valence electrons. The number of esters is 2. The van der Waals surface area contributed by atoms with Crippen LogP contribution in [-0.2, 0) is 19.1 Å². The predicted molar refractivity (Wildman–Crippen MR) is 56.6 cm³/mol. The Bertz CT molecular complexity index is 286. The van der Waals surface area contributed by atoms with Gasteiger partial charge in [0.2, 0.25) is 5.41 Å². The van der Waals surface area contributed by atoms with E-state index in [9.17, 15) is 18.4 Å². The van der Waals surface area contributed by atoms with Crippen LogP contribution in [0.15, 0.2) is 0 Å². The van der Waals surface area contributed by atoms with Crippen LogP contribution in [0.4, 0.5) is 8.78 Å². The lowest BCUT2D eigenvalue weighted by Crippen LogP contribution is -2.51. The average molecular weight is 252 g/mol. The molecule has 17 heavy (non-hydrogen) atoms. The topological polar surface area (TPSA) is 52.6 Å². The number of carbonyl (C=O) groups excluding carboxylic acids is 2. The van der Waals surface area contributed by atoms with Crippen LogP contribution in [0.25, 0.3) is 0 Å². The Kier molecular flexibility index (Phi) is 5.51. The van der Waals surface area contributed by atoms with Gasteiger partial charge in [0.15, 0.2) is 0 Å². The summed E-state index contributed by atoms with van der Waals surface area (Å²) in [5, 5.41) is 0. The summed E-state index contributed by atoms with van der Waals surface area (Å²) in [6, 6.07) is 0.